The van der Waals surface area contributed by atoms with Crippen LogP contribution in [0.15, 0.2) is 42.5 Å². The third kappa shape index (κ3) is 3.19. The molecule has 0 aliphatic heterocycles. The van der Waals surface area contributed by atoms with E-state index >= 15 is 0 Å². The molecule has 1 N–H and O–H groups in total. The Labute approximate surface area is 142 Å². The molecular weight excluding hydrogens is 329 g/mol. The van der Waals surface area contributed by atoms with Crippen LogP contribution >= 0.6 is 11.3 Å². The third-order valence-electron chi connectivity index (χ3n) is 3.60. The highest BCUT2D eigenvalue weighted by Gasteiger charge is 2.16. The van der Waals surface area contributed by atoms with Gasteiger partial charge in [0, 0.05) is 9.58 Å². The molecule has 124 valence electrons. The molecule has 3 rings (SSSR count). The number of carbonyl (C=O) groups excluding carboxylic acids is 1. The first-order chi connectivity index (χ1) is 11.6. The second-order valence-corrected chi connectivity index (χ2v) is 6.29. The fraction of sp³-hybridized carbons (Fsp3) is 0.167. The number of methoxy groups -OCH3 is 2. The number of hydrogen-bond donors (Lipinski definition) is 1. The quantitative estimate of drug-likeness (QED) is 0.761. The van der Waals surface area contributed by atoms with E-state index in [9.17, 15) is 9.18 Å². The third-order valence-corrected chi connectivity index (χ3v) is 4.72. The Kier molecular flexibility index (Phi) is 4.66. The summed E-state index contributed by atoms with van der Waals surface area (Å²) in [6, 6.07) is 11.7. The zero-order valence-corrected chi connectivity index (χ0v) is 14.1. The molecule has 0 atom stereocenters. The summed E-state index contributed by atoms with van der Waals surface area (Å²) in [5, 5.41) is 3.70. The molecule has 0 unspecified atom stereocenters. The summed E-state index contributed by atoms with van der Waals surface area (Å²) in [7, 11) is 3.02. The highest BCUT2D eigenvalue weighted by atomic mass is 32.1. The van der Waals surface area contributed by atoms with Gasteiger partial charge in [0.05, 0.1) is 26.3 Å². The number of ether oxygens (including phenoxy) is 2. The number of benzene rings is 2. The van der Waals surface area contributed by atoms with Crippen LogP contribution in [0.25, 0.3) is 10.1 Å². The molecule has 24 heavy (non-hydrogen) atoms. The van der Waals surface area contributed by atoms with Gasteiger partial charge in [0.2, 0.25) is 0 Å². The van der Waals surface area contributed by atoms with Gasteiger partial charge >= 0.3 is 0 Å². The van der Waals surface area contributed by atoms with Gasteiger partial charge in [-0.15, -0.1) is 11.3 Å². The van der Waals surface area contributed by atoms with E-state index in [0.717, 1.165) is 15.0 Å². The maximum Gasteiger partial charge on any atom is 0.255 e. The van der Waals surface area contributed by atoms with Gasteiger partial charge in [-0.3, -0.25) is 4.79 Å². The van der Waals surface area contributed by atoms with Crippen LogP contribution in [0.2, 0.25) is 0 Å². The molecule has 2 aromatic carbocycles. The summed E-state index contributed by atoms with van der Waals surface area (Å²) in [4.78, 5) is 13.4. The predicted octanol–water partition coefficient (Wildman–Crippen LogP) is 3.99. The molecule has 1 amide bonds. The lowest BCUT2D eigenvalue weighted by Crippen LogP contribution is -2.23. The predicted molar refractivity (Wildman–Crippen MR) is 92.5 cm³/mol. The van der Waals surface area contributed by atoms with Gasteiger partial charge in [-0.1, -0.05) is 6.07 Å². The normalized spacial score (nSPS) is 10.6. The molecule has 0 aliphatic carbocycles. The smallest absolute Gasteiger partial charge is 0.255 e. The number of para-hydroxylation sites is 1. The van der Waals surface area contributed by atoms with E-state index in [2.05, 4.69) is 5.32 Å². The van der Waals surface area contributed by atoms with Crippen molar-refractivity contribution in [3.63, 3.8) is 0 Å². The summed E-state index contributed by atoms with van der Waals surface area (Å²) in [6.07, 6.45) is 0. The molecule has 0 radical (unpaired) electrons. The molecule has 0 bridgehead atoms. The maximum atomic E-state index is 13.2. The Morgan fingerprint density at radius 2 is 2.00 bits per heavy atom. The van der Waals surface area contributed by atoms with Crippen molar-refractivity contribution >= 4 is 27.3 Å². The average molecular weight is 345 g/mol. The van der Waals surface area contributed by atoms with Crippen LogP contribution in [0.5, 0.6) is 11.5 Å². The fourth-order valence-corrected chi connectivity index (χ4v) is 3.47. The Hall–Kier alpha value is -2.60. The minimum atomic E-state index is -0.267. The lowest BCUT2D eigenvalue weighted by molar-refractivity contribution is 0.0947. The Bertz CT molecular complexity index is 891. The Morgan fingerprint density at radius 1 is 1.17 bits per heavy atom. The van der Waals surface area contributed by atoms with Crippen LogP contribution in [-0.2, 0) is 6.54 Å². The largest absolute Gasteiger partial charge is 0.493 e. The Balaban J connectivity index is 1.77. The number of thiophene rings is 1. The van der Waals surface area contributed by atoms with Gasteiger partial charge in [-0.05, 0) is 41.8 Å². The van der Waals surface area contributed by atoms with Gasteiger partial charge in [0.15, 0.2) is 11.5 Å². The van der Waals surface area contributed by atoms with Crippen LogP contribution in [0.1, 0.15) is 15.2 Å². The molecule has 0 fully saturated rings. The summed E-state index contributed by atoms with van der Waals surface area (Å²) >= 11 is 1.52. The van der Waals surface area contributed by atoms with Crippen molar-refractivity contribution in [3.05, 3.63) is 58.7 Å². The zero-order valence-electron chi connectivity index (χ0n) is 13.3. The SMILES string of the molecule is COc1cccc(C(=O)NCc2cc3cc(F)ccc3s2)c1OC. The van der Waals surface area contributed by atoms with Crippen molar-refractivity contribution in [3.8, 4) is 11.5 Å². The van der Waals surface area contributed by atoms with Gasteiger partial charge in [-0.25, -0.2) is 4.39 Å². The summed E-state index contributed by atoms with van der Waals surface area (Å²) < 4.78 is 24.7. The highest BCUT2D eigenvalue weighted by molar-refractivity contribution is 7.19. The fourth-order valence-electron chi connectivity index (χ4n) is 2.48. The van der Waals surface area contributed by atoms with Crippen molar-refractivity contribution in [1.82, 2.24) is 5.32 Å². The topological polar surface area (TPSA) is 47.6 Å². The molecule has 0 saturated carbocycles. The molecule has 3 aromatic rings. The standard InChI is InChI=1S/C18H16FNO3S/c1-22-15-5-3-4-14(17(15)23-2)18(21)20-10-13-9-11-8-12(19)6-7-16(11)24-13/h3-9H,10H2,1-2H3,(H,20,21). The van der Waals surface area contributed by atoms with E-state index < -0.39 is 0 Å². The number of fused-ring (bicyclic) bond motifs is 1. The van der Waals surface area contributed by atoms with Gasteiger partial charge < -0.3 is 14.8 Å². The van der Waals surface area contributed by atoms with Crippen molar-refractivity contribution in [2.45, 2.75) is 6.54 Å². The first-order valence-corrected chi connectivity index (χ1v) is 8.11. The van der Waals surface area contributed by atoms with Crippen LogP contribution in [0, 0.1) is 5.82 Å². The van der Waals surface area contributed by atoms with Crippen LogP contribution in [0.3, 0.4) is 0 Å². The second kappa shape index (κ2) is 6.88. The minimum absolute atomic E-state index is 0.255. The monoisotopic (exact) mass is 345 g/mol. The molecule has 0 saturated heterocycles. The molecule has 6 heteroatoms. The summed E-state index contributed by atoms with van der Waals surface area (Å²) in [5.74, 6) is 0.379. The lowest BCUT2D eigenvalue weighted by atomic mass is 10.1. The molecule has 0 spiro atoms. The molecule has 0 aliphatic rings. The van der Waals surface area contributed by atoms with Crippen LogP contribution in [-0.4, -0.2) is 20.1 Å². The van der Waals surface area contributed by atoms with E-state index in [-0.39, 0.29) is 11.7 Å². The van der Waals surface area contributed by atoms with Crippen molar-refractivity contribution < 1.29 is 18.7 Å². The van der Waals surface area contributed by atoms with E-state index in [1.54, 1.807) is 24.3 Å². The van der Waals surface area contributed by atoms with Gasteiger partial charge in [0.25, 0.3) is 5.91 Å². The van der Waals surface area contributed by atoms with E-state index in [1.165, 1.54) is 37.7 Å². The summed E-state index contributed by atoms with van der Waals surface area (Å²) in [6.45, 7) is 0.361. The Morgan fingerprint density at radius 3 is 2.75 bits per heavy atom. The molecule has 1 aromatic heterocycles. The second-order valence-electron chi connectivity index (χ2n) is 5.12. The van der Waals surface area contributed by atoms with Gasteiger partial charge in [0.1, 0.15) is 5.82 Å². The molecule has 1 heterocycles. The number of carbonyl (C=O) groups is 1. The van der Waals surface area contributed by atoms with E-state index in [4.69, 9.17) is 9.47 Å². The van der Waals surface area contributed by atoms with Crippen molar-refractivity contribution in [2.75, 3.05) is 14.2 Å². The van der Waals surface area contributed by atoms with Crippen molar-refractivity contribution in [1.29, 1.82) is 0 Å². The highest BCUT2D eigenvalue weighted by Crippen LogP contribution is 2.31. The number of rotatable bonds is 5. The maximum absolute atomic E-state index is 13.2. The van der Waals surface area contributed by atoms with E-state index in [1.807, 2.05) is 6.07 Å². The number of halogens is 1. The number of nitrogens with one attached hydrogen (secondary N) is 1. The lowest BCUT2D eigenvalue weighted by Gasteiger charge is -2.12. The minimum Gasteiger partial charge on any atom is -0.493 e. The van der Waals surface area contributed by atoms with Crippen LogP contribution in [0.4, 0.5) is 4.39 Å². The zero-order chi connectivity index (χ0) is 17.1. The van der Waals surface area contributed by atoms with Gasteiger partial charge in [-0.2, -0.15) is 0 Å². The van der Waals surface area contributed by atoms with Crippen LogP contribution < -0.4 is 14.8 Å². The molecule has 4 nitrogen and oxygen atoms in total. The number of amides is 1. The first kappa shape index (κ1) is 16.3. The van der Waals surface area contributed by atoms with Crippen molar-refractivity contribution in [2.24, 2.45) is 0 Å². The van der Waals surface area contributed by atoms with E-state index in [0.29, 0.717) is 23.6 Å². The first-order valence-electron chi connectivity index (χ1n) is 7.29. The molecular formula is C18H16FNO3S. The summed E-state index contributed by atoms with van der Waals surface area (Å²) in [5.41, 5.74) is 0.406. The number of hydrogen-bond acceptors (Lipinski definition) is 4. The average Bonchev–Trinajstić information content (AvgIpc) is 3.00.